The predicted octanol–water partition coefficient (Wildman–Crippen LogP) is 3.43. The molecule has 0 amide bonds. The monoisotopic (exact) mass is 454 g/mol. The average molecular weight is 455 g/mol. The fourth-order valence-electron chi connectivity index (χ4n) is 3.72. The Labute approximate surface area is 185 Å². The molecule has 0 bridgehead atoms. The highest BCUT2D eigenvalue weighted by Gasteiger charge is 2.27. The zero-order valence-electron chi connectivity index (χ0n) is 17.1. The van der Waals surface area contributed by atoms with Gasteiger partial charge >= 0.3 is 0 Å². The van der Waals surface area contributed by atoms with Gasteiger partial charge in [-0.25, -0.2) is 8.42 Å². The second-order valence-corrected chi connectivity index (χ2v) is 9.02. The van der Waals surface area contributed by atoms with Crippen LogP contribution in [0.2, 0.25) is 0 Å². The molecule has 166 valence electrons. The van der Waals surface area contributed by atoms with Gasteiger partial charge in [0.15, 0.2) is 0 Å². The lowest BCUT2D eigenvalue weighted by molar-refractivity contribution is -0.384. The number of nitrogens with one attached hydrogen (secondary N) is 1. The Morgan fingerprint density at radius 3 is 2.06 bits per heavy atom. The van der Waals surface area contributed by atoms with E-state index >= 15 is 0 Å². The second kappa shape index (κ2) is 8.75. The number of phenolic OH excluding ortho intramolecular Hbond substituents is 1. The van der Waals surface area contributed by atoms with E-state index in [-0.39, 0.29) is 16.3 Å². The topological polar surface area (TPSA) is 116 Å². The molecule has 32 heavy (non-hydrogen) atoms. The maximum absolute atomic E-state index is 12.7. The molecule has 1 aliphatic heterocycles. The number of hydrogen-bond acceptors (Lipinski definition) is 7. The molecule has 1 aliphatic rings. The molecular formula is C22H22N4O5S. The number of phenols is 1. The van der Waals surface area contributed by atoms with Gasteiger partial charge in [-0.2, -0.15) is 0 Å². The smallest absolute Gasteiger partial charge is 0.293 e. The van der Waals surface area contributed by atoms with Crippen LogP contribution in [0.15, 0.2) is 77.7 Å². The Hall–Kier alpha value is -3.79. The number of nitrogens with zero attached hydrogens (tertiary/aromatic N) is 3. The minimum absolute atomic E-state index is 0.176. The van der Waals surface area contributed by atoms with Crippen LogP contribution in [0, 0.1) is 10.1 Å². The van der Waals surface area contributed by atoms with Crippen LogP contribution in [0.1, 0.15) is 0 Å². The number of para-hydroxylation sites is 3. The molecule has 4 rings (SSSR count). The number of aromatic hydroxyl groups is 1. The zero-order valence-corrected chi connectivity index (χ0v) is 17.9. The third-order valence-electron chi connectivity index (χ3n) is 5.32. The van der Waals surface area contributed by atoms with Gasteiger partial charge in [0.1, 0.15) is 11.4 Å². The number of anilines is 3. The summed E-state index contributed by atoms with van der Waals surface area (Å²) in [5.74, 6) is 0.187. The van der Waals surface area contributed by atoms with E-state index in [0.717, 1.165) is 11.8 Å². The van der Waals surface area contributed by atoms with Crippen LogP contribution in [0.3, 0.4) is 0 Å². The first kappa shape index (κ1) is 21.4. The fraction of sp³-hybridized carbons (Fsp3) is 0.182. The summed E-state index contributed by atoms with van der Waals surface area (Å²) in [7, 11) is -3.98. The van der Waals surface area contributed by atoms with Crippen molar-refractivity contribution in [3.63, 3.8) is 0 Å². The Bertz CT molecular complexity index is 1230. The van der Waals surface area contributed by atoms with Crippen molar-refractivity contribution in [2.24, 2.45) is 0 Å². The van der Waals surface area contributed by atoms with Crippen LogP contribution >= 0.6 is 0 Å². The molecule has 9 nitrogen and oxygen atoms in total. The van der Waals surface area contributed by atoms with Crippen LogP contribution < -0.4 is 14.5 Å². The molecule has 0 spiro atoms. The van der Waals surface area contributed by atoms with Crippen molar-refractivity contribution in [1.82, 2.24) is 0 Å². The van der Waals surface area contributed by atoms with Gasteiger partial charge in [-0.05, 0) is 36.4 Å². The summed E-state index contributed by atoms with van der Waals surface area (Å²) in [4.78, 5) is 14.9. The Balaban J connectivity index is 1.55. The Kier molecular flexibility index (Phi) is 5.87. The molecule has 0 unspecified atom stereocenters. The first-order valence-corrected chi connectivity index (χ1v) is 11.5. The third-order valence-corrected chi connectivity index (χ3v) is 6.70. The average Bonchev–Trinajstić information content (AvgIpc) is 2.79. The predicted molar refractivity (Wildman–Crippen MR) is 123 cm³/mol. The summed E-state index contributed by atoms with van der Waals surface area (Å²) in [6.45, 7) is 2.10. The van der Waals surface area contributed by atoms with Gasteiger partial charge in [0.05, 0.1) is 15.5 Å². The SMILES string of the molecule is O=[N+]([O-])c1cc(S(=O)(=O)Nc2ccccc2)ccc1N1CCN(c2ccccc2O)CC1. The van der Waals surface area contributed by atoms with Crippen LogP contribution in [0.5, 0.6) is 5.75 Å². The highest BCUT2D eigenvalue weighted by Crippen LogP contribution is 2.33. The molecule has 1 heterocycles. The molecule has 0 atom stereocenters. The van der Waals surface area contributed by atoms with Gasteiger partial charge in [-0.3, -0.25) is 14.8 Å². The highest BCUT2D eigenvalue weighted by molar-refractivity contribution is 7.92. The number of sulfonamides is 1. The van der Waals surface area contributed by atoms with Gasteiger partial charge in [-0.1, -0.05) is 30.3 Å². The first-order valence-electron chi connectivity index (χ1n) is 9.99. The minimum atomic E-state index is -3.98. The van der Waals surface area contributed by atoms with E-state index in [4.69, 9.17) is 0 Å². The normalized spacial score (nSPS) is 14.2. The van der Waals surface area contributed by atoms with Gasteiger partial charge in [0.25, 0.3) is 15.7 Å². The van der Waals surface area contributed by atoms with E-state index in [2.05, 4.69) is 4.72 Å². The molecule has 1 fully saturated rings. The van der Waals surface area contributed by atoms with Crippen molar-refractivity contribution < 1.29 is 18.4 Å². The van der Waals surface area contributed by atoms with E-state index in [1.165, 1.54) is 12.1 Å². The van der Waals surface area contributed by atoms with Crippen molar-refractivity contribution >= 4 is 32.8 Å². The number of benzene rings is 3. The van der Waals surface area contributed by atoms with Gasteiger partial charge in [0.2, 0.25) is 0 Å². The van der Waals surface area contributed by atoms with E-state index < -0.39 is 14.9 Å². The van der Waals surface area contributed by atoms with E-state index in [1.54, 1.807) is 42.5 Å². The summed E-state index contributed by atoms with van der Waals surface area (Å²) in [5.41, 5.74) is 1.19. The fourth-order valence-corrected chi connectivity index (χ4v) is 4.80. The number of rotatable bonds is 6. The van der Waals surface area contributed by atoms with E-state index in [0.29, 0.717) is 37.6 Å². The molecule has 1 saturated heterocycles. The number of nitro groups is 1. The maximum Gasteiger partial charge on any atom is 0.293 e. The Morgan fingerprint density at radius 1 is 0.844 bits per heavy atom. The van der Waals surface area contributed by atoms with Crippen LogP contribution in [0.25, 0.3) is 0 Å². The van der Waals surface area contributed by atoms with Crippen molar-refractivity contribution in [2.75, 3.05) is 40.7 Å². The van der Waals surface area contributed by atoms with Crippen molar-refractivity contribution in [3.8, 4) is 5.75 Å². The van der Waals surface area contributed by atoms with Crippen molar-refractivity contribution in [1.29, 1.82) is 0 Å². The molecule has 10 heteroatoms. The lowest BCUT2D eigenvalue weighted by atomic mass is 10.2. The largest absolute Gasteiger partial charge is 0.506 e. The molecule has 0 saturated carbocycles. The molecule has 3 aromatic rings. The zero-order chi connectivity index (χ0) is 22.7. The lowest BCUT2D eigenvalue weighted by Crippen LogP contribution is -2.46. The van der Waals surface area contributed by atoms with Crippen LogP contribution in [-0.4, -0.2) is 44.6 Å². The molecule has 3 aromatic carbocycles. The maximum atomic E-state index is 12.7. The minimum Gasteiger partial charge on any atom is -0.506 e. The number of hydrogen-bond donors (Lipinski definition) is 2. The number of nitro benzene ring substituents is 1. The summed E-state index contributed by atoms with van der Waals surface area (Å²) in [5, 5.41) is 21.8. The summed E-state index contributed by atoms with van der Waals surface area (Å²) < 4.78 is 27.9. The van der Waals surface area contributed by atoms with Crippen LogP contribution in [-0.2, 0) is 10.0 Å². The standard InChI is InChI=1S/C22H22N4O5S/c27-22-9-5-4-8-20(22)25-14-12-24(13-15-25)19-11-10-18(16-21(19)26(28)29)32(30,31)23-17-6-2-1-3-7-17/h1-11,16,23,27H,12-15H2. The first-order chi connectivity index (χ1) is 15.3. The quantitative estimate of drug-likeness (QED) is 0.433. The Morgan fingerprint density at radius 2 is 1.44 bits per heavy atom. The summed E-state index contributed by atoms with van der Waals surface area (Å²) in [6.07, 6.45) is 0. The lowest BCUT2D eigenvalue weighted by Gasteiger charge is -2.37. The highest BCUT2D eigenvalue weighted by atomic mass is 32.2. The third kappa shape index (κ3) is 4.45. The second-order valence-electron chi connectivity index (χ2n) is 7.34. The van der Waals surface area contributed by atoms with Gasteiger partial charge in [-0.15, -0.1) is 0 Å². The molecule has 0 aromatic heterocycles. The molecular weight excluding hydrogens is 432 g/mol. The van der Waals surface area contributed by atoms with Crippen molar-refractivity contribution in [2.45, 2.75) is 4.90 Å². The molecule has 2 N–H and O–H groups in total. The number of piperazine rings is 1. The van der Waals surface area contributed by atoms with E-state index in [9.17, 15) is 23.6 Å². The summed E-state index contributed by atoms with van der Waals surface area (Å²) in [6, 6.07) is 19.3. The molecule has 0 aliphatic carbocycles. The summed E-state index contributed by atoms with van der Waals surface area (Å²) >= 11 is 0. The van der Waals surface area contributed by atoms with E-state index in [1.807, 2.05) is 21.9 Å². The van der Waals surface area contributed by atoms with Crippen LogP contribution in [0.4, 0.5) is 22.7 Å². The van der Waals surface area contributed by atoms with Gasteiger partial charge < -0.3 is 14.9 Å². The van der Waals surface area contributed by atoms with Crippen molar-refractivity contribution in [3.05, 3.63) is 82.9 Å². The van der Waals surface area contributed by atoms with Gasteiger partial charge in [0, 0.05) is 37.9 Å². The molecule has 0 radical (unpaired) electrons.